The van der Waals surface area contributed by atoms with Crippen LogP contribution in [0, 0.1) is 11.3 Å². The van der Waals surface area contributed by atoms with Crippen molar-refractivity contribution < 1.29 is 4.74 Å². The number of likely N-dealkylation sites (tertiary alicyclic amines) is 1. The fourth-order valence-corrected chi connectivity index (χ4v) is 5.18. The maximum atomic E-state index is 8.52. The third-order valence-electron chi connectivity index (χ3n) is 6.11. The highest BCUT2D eigenvalue weighted by Gasteiger charge is 2.28. The van der Waals surface area contributed by atoms with Crippen molar-refractivity contribution in [1.29, 1.82) is 5.41 Å². The molecule has 6 heteroatoms. The molecule has 1 atom stereocenters. The van der Waals surface area contributed by atoms with Gasteiger partial charge in [0, 0.05) is 19.1 Å². The molecule has 2 rings (SSSR count). The fourth-order valence-electron chi connectivity index (χ4n) is 4.34. The van der Waals surface area contributed by atoms with Gasteiger partial charge in [0.1, 0.15) is 0 Å². The number of hydrogen-bond acceptors (Lipinski definition) is 6. The monoisotopic (exact) mass is 410 g/mol. The molecule has 2 aliphatic rings. The van der Waals surface area contributed by atoms with Gasteiger partial charge in [0.2, 0.25) is 0 Å². The molecule has 5 nitrogen and oxygen atoms in total. The number of thioether (sulfide) groups is 1. The largest absolute Gasteiger partial charge is 0.348 e. The van der Waals surface area contributed by atoms with Gasteiger partial charge in [-0.05, 0) is 51.7 Å². The first-order valence-corrected chi connectivity index (χ1v) is 12.2. The quantitative estimate of drug-likeness (QED) is 0.185. The van der Waals surface area contributed by atoms with E-state index in [4.69, 9.17) is 10.1 Å². The fraction of sp³-hybridized carbons (Fsp3) is 0.864. The van der Waals surface area contributed by atoms with E-state index < -0.39 is 0 Å². The van der Waals surface area contributed by atoms with Gasteiger partial charge >= 0.3 is 0 Å². The zero-order valence-corrected chi connectivity index (χ0v) is 18.9. The second kappa shape index (κ2) is 13.6. The van der Waals surface area contributed by atoms with Crippen molar-refractivity contribution in [2.45, 2.75) is 89.9 Å². The number of nitrogens with one attached hydrogen (secondary N) is 3. The molecule has 162 valence electrons. The summed E-state index contributed by atoms with van der Waals surface area (Å²) in [6, 6.07) is 0.805. The maximum Gasteiger partial charge on any atom is 0.184 e. The van der Waals surface area contributed by atoms with Crippen molar-refractivity contribution in [2.75, 3.05) is 26.7 Å². The summed E-state index contributed by atoms with van der Waals surface area (Å²) in [4.78, 5) is 2.68. The number of methoxy groups -OCH3 is 1. The summed E-state index contributed by atoms with van der Waals surface area (Å²) >= 11 is 1.47. The van der Waals surface area contributed by atoms with Gasteiger partial charge in [-0.2, -0.15) is 0 Å². The molecule has 1 heterocycles. The van der Waals surface area contributed by atoms with Crippen LogP contribution in [0.5, 0.6) is 0 Å². The van der Waals surface area contributed by atoms with Crippen molar-refractivity contribution >= 4 is 16.8 Å². The van der Waals surface area contributed by atoms with Crippen molar-refractivity contribution in [2.24, 2.45) is 5.92 Å². The van der Waals surface area contributed by atoms with Crippen LogP contribution in [0.4, 0.5) is 0 Å². The Hall–Kier alpha value is -0.560. The third-order valence-corrected chi connectivity index (χ3v) is 7.03. The van der Waals surface area contributed by atoms with Gasteiger partial charge in [-0.3, -0.25) is 10.7 Å². The average molecular weight is 411 g/mol. The second-order valence-electron chi connectivity index (χ2n) is 8.27. The van der Waals surface area contributed by atoms with E-state index in [9.17, 15) is 0 Å². The first kappa shape index (κ1) is 23.7. The third kappa shape index (κ3) is 8.44. The summed E-state index contributed by atoms with van der Waals surface area (Å²) in [5.41, 5.74) is 0. The molecule has 28 heavy (non-hydrogen) atoms. The minimum Gasteiger partial charge on any atom is -0.348 e. The lowest BCUT2D eigenvalue weighted by molar-refractivity contribution is 0.0564. The Morgan fingerprint density at radius 3 is 2.50 bits per heavy atom. The zero-order chi connectivity index (χ0) is 20.2. The molecule has 0 amide bonds. The molecule has 3 N–H and O–H groups in total. The Kier molecular flexibility index (Phi) is 11.5. The van der Waals surface area contributed by atoms with Crippen LogP contribution in [0.25, 0.3) is 0 Å². The standard InChI is InChI=1S/C22H42N4OS/c1-4-5-6-10-15-24-22(27-3)25-18(2)28-21(23)19-13-16-26(17-14-19)20-11-8-7-9-12-20/h19-20,22-25H,2,4-17H2,1,3H3. The van der Waals surface area contributed by atoms with Gasteiger partial charge in [-0.15, -0.1) is 0 Å². The molecule has 1 saturated carbocycles. The average Bonchev–Trinajstić information content (AvgIpc) is 2.73. The molecule has 1 aliphatic carbocycles. The molecule has 2 fully saturated rings. The Morgan fingerprint density at radius 2 is 1.86 bits per heavy atom. The second-order valence-corrected chi connectivity index (χ2v) is 9.40. The van der Waals surface area contributed by atoms with Crippen molar-refractivity contribution in [3.05, 3.63) is 11.6 Å². The highest BCUT2D eigenvalue weighted by atomic mass is 32.2. The van der Waals surface area contributed by atoms with E-state index in [0.29, 0.717) is 5.92 Å². The molecule has 1 unspecified atom stereocenters. The van der Waals surface area contributed by atoms with Crippen LogP contribution in [-0.4, -0.2) is 49.1 Å². The molecule has 0 bridgehead atoms. The van der Waals surface area contributed by atoms with E-state index in [0.717, 1.165) is 55.0 Å². The van der Waals surface area contributed by atoms with E-state index in [2.05, 4.69) is 29.0 Å². The van der Waals surface area contributed by atoms with Crippen molar-refractivity contribution in [3.8, 4) is 0 Å². The molecular weight excluding hydrogens is 368 g/mol. The van der Waals surface area contributed by atoms with Crippen LogP contribution in [0.15, 0.2) is 11.6 Å². The van der Waals surface area contributed by atoms with Crippen LogP contribution >= 0.6 is 11.8 Å². The first-order valence-electron chi connectivity index (χ1n) is 11.4. The lowest BCUT2D eigenvalue weighted by Crippen LogP contribution is -2.44. The molecule has 0 aromatic heterocycles. The van der Waals surface area contributed by atoms with Crippen molar-refractivity contribution in [3.63, 3.8) is 0 Å². The number of hydrogen-bond donors (Lipinski definition) is 3. The molecule has 1 aliphatic heterocycles. The zero-order valence-electron chi connectivity index (χ0n) is 18.1. The smallest absolute Gasteiger partial charge is 0.184 e. The molecule has 0 radical (unpaired) electrons. The minimum atomic E-state index is -0.234. The van der Waals surface area contributed by atoms with Gasteiger partial charge in [-0.1, -0.05) is 63.8 Å². The van der Waals surface area contributed by atoms with E-state index >= 15 is 0 Å². The Labute approximate surface area is 176 Å². The first-order chi connectivity index (χ1) is 13.6. The number of piperidine rings is 1. The Morgan fingerprint density at radius 1 is 1.14 bits per heavy atom. The van der Waals surface area contributed by atoms with E-state index in [1.165, 1.54) is 63.1 Å². The number of nitrogens with zero attached hydrogens (tertiary/aromatic N) is 1. The summed E-state index contributed by atoms with van der Waals surface area (Å²) in [7, 11) is 1.70. The van der Waals surface area contributed by atoms with Crippen LogP contribution < -0.4 is 10.6 Å². The lowest BCUT2D eigenvalue weighted by atomic mass is 9.90. The molecule has 0 spiro atoms. The molecular formula is C22H42N4OS. The molecule has 1 saturated heterocycles. The van der Waals surface area contributed by atoms with Crippen LogP contribution in [-0.2, 0) is 4.74 Å². The number of unbranched alkanes of at least 4 members (excludes halogenated alkanes) is 3. The number of rotatable bonds is 12. The predicted molar refractivity (Wildman–Crippen MR) is 122 cm³/mol. The molecule has 0 aromatic carbocycles. The van der Waals surface area contributed by atoms with Crippen molar-refractivity contribution in [1.82, 2.24) is 15.5 Å². The SMILES string of the molecule is C=C(NC(NCCCCCC)OC)SC(=N)C1CCN(C2CCCCC2)CC1. The van der Waals surface area contributed by atoms with Gasteiger partial charge in [0.25, 0.3) is 0 Å². The summed E-state index contributed by atoms with van der Waals surface area (Å²) in [5.74, 6) is 0.381. The Bertz CT molecular complexity index is 459. The normalized spacial score (nSPS) is 20.8. The Balaban J connectivity index is 1.64. The number of ether oxygens (including phenoxy) is 1. The van der Waals surface area contributed by atoms with Gasteiger partial charge in [0.15, 0.2) is 6.35 Å². The maximum absolute atomic E-state index is 8.52. The van der Waals surface area contributed by atoms with Gasteiger partial charge in [0.05, 0.1) is 10.1 Å². The molecule has 0 aromatic rings. The highest BCUT2D eigenvalue weighted by Crippen LogP contribution is 2.30. The van der Waals surface area contributed by atoms with Crippen LogP contribution in [0.3, 0.4) is 0 Å². The minimum absolute atomic E-state index is 0.234. The predicted octanol–water partition coefficient (Wildman–Crippen LogP) is 4.90. The summed E-state index contributed by atoms with van der Waals surface area (Å²) in [6.07, 6.45) is 13.9. The summed E-state index contributed by atoms with van der Waals surface area (Å²) < 4.78 is 5.46. The van der Waals surface area contributed by atoms with Crippen LogP contribution in [0.1, 0.15) is 77.6 Å². The summed E-state index contributed by atoms with van der Waals surface area (Å²) in [6.45, 7) is 9.56. The van der Waals surface area contributed by atoms with E-state index in [1.807, 2.05) is 0 Å². The van der Waals surface area contributed by atoms with Gasteiger partial charge < -0.3 is 15.0 Å². The topological polar surface area (TPSA) is 60.4 Å². The van der Waals surface area contributed by atoms with Gasteiger partial charge in [-0.25, -0.2) is 0 Å². The van der Waals surface area contributed by atoms with E-state index in [-0.39, 0.29) is 6.35 Å². The van der Waals surface area contributed by atoms with E-state index in [1.54, 1.807) is 7.11 Å². The van der Waals surface area contributed by atoms with Crippen LogP contribution in [0.2, 0.25) is 0 Å². The lowest BCUT2D eigenvalue weighted by Gasteiger charge is -2.39. The summed E-state index contributed by atoms with van der Waals surface area (Å²) in [5, 5.41) is 16.7. The highest BCUT2D eigenvalue weighted by molar-refractivity contribution is 8.17.